The summed E-state index contributed by atoms with van der Waals surface area (Å²) in [7, 11) is 0. The molecule has 76 valence electrons. The van der Waals surface area contributed by atoms with Crippen molar-refractivity contribution in [1.29, 1.82) is 0 Å². The van der Waals surface area contributed by atoms with Crippen LogP contribution in [0.5, 0.6) is 5.75 Å². The van der Waals surface area contributed by atoms with E-state index in [9.17, 15) is 0 Å². The number of halogens is 1. The second-order valence-electron chi connectivity index (χ2n) is 3.06. The zero-order chi connectivity index (χ0) is 10.2. The topological polar surface area (TPSA) is 9.23 Å². The van der Waals surface area contributed by atoms with Crippen LogP contribution in [0.25, 0.3) is 0 Å². The standard InChI is InChI=1S/C12H15IO/c1-2-3-4-7-10-14-12-9-6-5-8-11(12)13/h2,5-6,8-9H,1,3-4,7,10H2. The Bertz CT molecular complexity index is 283. The Morgan fingerprint density at radius 2 is 2.07 bits per heavy atom. The molecule has 0 saturated heterocycles. The number of allylic oxidation sites excluding steroid dienone is 1. The predicted octanol–water partition coefficient (Wildman–Crippen LogP) is 4.03. The number of hydrogen-bond donors (Lipinski definition) is 0. The summed E-state index contributed by atoms with van der Waals surface area (Å²) in [5, 5.41) is 0. The normalized spacial score (nSPS) is 9.79. The Kier molecular flexibility index (Phi) is 5.68. The molecule has 0 aliphatic rings. The van der Waals surface area contributed by atoms with Crippen LogP contribution in [0, 0.1) is 3.57 Å². The van der Waals surface area contributed by atoms with Gasteiger partial charge in [0.05, 0.1) is 10.2 Å². The number of unbranched alkanes of at least 4 members (excludes halogenated alkanes) is 2. The van der Waals surface area contributed by atoms with Gasteiger partial charge < -0.3 is 4.74 Å². The molecular formula is C12H15IO. The Morgan fingerprint density at radius 3 is 2.79 bits per heavy atom. The third-order valence-electron chi connectivity index (χ3n) is 1.90. The lowest BCUT2D eigenvalue weighted by molar-refractivity contribution is 0.305. The van der Waals surface area contributed by atoms with Gasteiger partial charge in [0.15, 0.2) is 0 Å². The largest absolute Gasteiger partial charge is 0.492 e. The first kappa shape index (κ1) is 11.6. The first-order chi connectivity index (χ1) is 6.84. The lowest BCUT2D eigenvalue weighted by Crippen LogP contribution is -1.98. The lowest BCUT2D eigenvalue weighted by Gasteiger charge is -2.06. The molecule has 0 heterocycles. The summed E-state index contributed by atoms with van der Waals surface area (Å²) in [6.45, 7) is 4.49. The van der Waals surface area contributed by atoms with E-state index in [0.29, 0.717) is 0 Å². The molecule has 0 aliphatic heterocycles. The summed E-state index contributed by atoms with van der Waals surface area (Å²) in [5.74, 6) is 0.992. The van der Waals surface area contributed by atoms with E-state index in [4.69, 9.17) is 4.74 Å². The first-order valence-corrected chi connectivity index (χ1v) is 5.90. The monoisotopic (exact) mass is 302 g/mol. The van der Waals surface area contributed by atoms with E-state index in [1.54, 1.807) is 0 Å². The van der Waals surface area contributed by atoms with E-state index >= 15 is 0 Å². The minimum absolute atomic E-state index is 0.799. The van der Waals surface area contributed by atoms with Gasteiger partial charge in [-0.3, -0.25) is 0 Å². The molecule has 1 aromatic rings. The van der Waals surface area contributed by atoms with Crippen molar-refractivity contribution in [2.24, 2.45) is 0 Å². The molecule has 0 bridgehead atoms. The second kappa shape index (κ2) is 6.87. The smallest absolute Gasteiger partial charge is 0.132 e. The number of rotatable bonds is 6. The van der Waals surface area contributed by atoms with Gasteiger partial charge in [-0.15, -0.1) is 6.58 Å². The highest BCUT2D eigenvalue weighted by Gasteiger charge is 1.97. The van der Waals surface area contributed by atoms with Crippen molar-refractivity contribution in [3.8, 4) is 5.75 Å². The van der Waals surface area contributed by atoms with Gasteiger partial charge in [-0.25, -0.2) is 0 Å². The summed E-state index contributed by atoms with van der Waals surface area (Å²) in [4.78, 5) is 0. The van der Waals surface area contributed by atoms with Gasteiger partial charge in [-0.2, -0.15) is 0 Å². The summed E-state index contributed by atoms with van der Waals surface area (Å²) >= 11 is 2.29. The van der Waals surface area contributed by atoms with Crippen LogP contribution in [-0.4, -0.2) is 6.61 Å². The fourth-order valence-electron chi connectivity index (χ4n) is 1.13. The molecule has 0 amide bonds. The highest BCUT2D eigenvalue weighted by atomic mass is 127. The van der Waals surface area contributed by atoms with Gasteiger partial charge >= 0.3 is 0 Å². The van der Waals surface area contributed by atoms with E-state index in [-0.39, 0.29) is 0 Å². The van der Waals surface area contributed by atoms with Crippen LogP contribution >= 0.6 is 22.6 Å². The molecule has 14 heavy (non-hydrogen) atoms. The van der Waals surface area contributed by atoms with Crippen molar-refractivity contribution < 1.29 is 4.74 Å². The third-order valence-corrected chi connectivity index (χ3v) is 2.79. The molecule has 1 aromatic carbocycles. The molecule has 1 nitrogen and oxygen atoms in total. The molecule has 0 aliphatic carbocycles. The van der Waals surface area contributed by atoms with Gasteiger partial charge in [0.1, 0.15) is 5.75 Å². The highest BCUT2D eigenvalue weighted by Crippen LogP contribution is 2.19. The number of para-hydroxylation sites is 1. The average molecular weight is 302 g/mol. The zero-order valence-electron chi connectivity index (χ0n) is 8.21. The maximum absolute atomic E-state index is 5.64. The van der Waals surface area contributed by atoms with Crippen LogP contribution in [0.15, 0.2) is 36.9 Å². The third kappa shape index (κ3) is 4.13. The van der Waals surface area contributed by atoms with Crippen molar-refractivity contribution in [3.63, 3.8) is 0 Å². The van der Waals surface area contributed by atoms with Crippen molar-refractivity contribution in [3.05, 3.63) is 40.5 Å². The van der Waals surface area contributed by atoms with Crippen LogP contribution in [0.4, 0.5) is 0 Å². The Labute approximate surface area is 99.3 Å². The SMILES string of the molecule is C=CCCCCOc1ccccc1I. The van der Waals surface area contributed by atoms with Crippen LogP contribution < -0.4 is 4.74 Å². The van der Waals surface area contributed by atoms with Crippen LogP contribution in [0.2, 0.25) is 0 Å². The highest BCUT2D eigenvalue weighted by molar-refractivity contribution is 14.1. The minimum Gasteiger partial charge on any atom is -0.492 e. The fourth-order valence-corrected chi connectivity index (χ4v) is 1.68. The van der Waals surface area contributed by atoms with Gasteiger partial charge in [-0.1, -0.05) is 18.2 Å². The Hall–Kier alpha value is -0.510. The van der Waals surface area contributed by atoms with Gasteiger partial charge in [0, 0.05) is 0 Å². The van der Waals surface area contributed by atoms with Gasteiger partial charge in [-0.05, 0) is 54.0 Å². The van der Waals surface area contributed by atoms with Crippen molar-refractivity contribution >= 4 is 22.6 Å². The molecule has 0 aromatic heterocycles. The predicted molar refractivity (Wildman–Crippen MR) is 68.7 cm³/mol. The number of benzene rings is 1. The zero-order valence-corrected chi connectivity index (χ0v) is 10.4. The molecular weight excluding hydrogens is 287 g/mol. The molecule has 0 radical (unpaired) electrons. The summed E-state index contributed by atoms with van der Waals surface area (Å²) in [5.41, 5.74) is 0. The van der Waals surface area contributed by atoms with Crippen LogP contribution in [-0.2, 0) is 0 Å². The summed E-state index contributed by atoms with van der Waals surface area (Å²) < 4.78 is 6.82. The fraction of sp³-hybridized carbons (Fsp3) is 0.333. The minimum atomic E-state index is 0.799. The molecule has 0 atom stereocenters. The van der Waals surface area contributed by atoms with E-state index < -0.39 is 0 Å². The van der Waals surface area contributed by atoms with Crippen molar-refractivity contribution in [2.45, 2.75) is 19.3 Å². The van der Waals surface area contributed by atoms with Crippen LogP contribution in [0.3, 0.4) is 0 Å². The molecule has 0 spiro atoms. The van der Waals surface area contributed by atoms with E-state index in [0.717, 1.165) is 31.6 Å². The Balaban J connectivity index is 2.24. The van der Waals surface area contributed by atoms with E-state index in [1.165, 1.54) is 3.57 Å². The molecule has 0 fully saturated rings. The maximum atomic E-state index is 5.64. The second-order valence-corrected chi connectivity index (χ2v) is 4.23. The Morgan fingerprint density at radius 1 is 1.29 bits per heavy atom. The van der Waals surface area contributed by atoms with Gasteiger partial charge in [0.25, 0.3) is 0 Å². The lowest BCUT2D eigenvalue weighted by atomic mass is 10.2. The molecule has 0 saturated carbocycles. The molecule has 0 unspecified atom stereocenters. The number of hydrogen-bond acceptors (Lipinski definition) is 1. The quantitative estimate of drug-likeness (QED) is 0.438. The van der Waals surface area contributed by atoms with Crippen LogP contribution in [0.1, 0.15) is 19.3 Å². The van der Waals surface area contributed by atoms with Crippen molar-refractivity contribution in [1.82, 2.24) is 0 Å². The molecule has 2 heteroatoms. The van der Waals surface area contributed by atoms with E-state index in [1.807, 2.05) is 24.3 Å². The summed E-state index contributed by atoms with van der Waals surface area (Å²) in [6.07, 6.45) is 5.28. The molecule has 0 N–H and O–H groups in total. The average Bonchev–Trinajstić information content (AvgIpc) is 2.20. The molecule has 1 rings (SSSR count). The van der Waals surface area contributed by atoms with Gasteiger partial charge in [0.2, 0.25) is 0 Å². The van der Waals surface area contributed by atoms with Crippen molar-refractivity contribution in [2.75, 3.05) is 6.61 Å². The van der Waals surface area contributed by atoms with E-state index in [2.05, 4.69) is 35.2 Å². The maximum Gasteiger partial charge on any atom is 0.132 e. The summed E-state index contributed by atoms with van der Waals surface area (Å²) in [6, 6.07) is 8.09. The first-order valence-electron chi connectivity index (χ1n) is 4.83. The number of ether oxygens (including phenoxy) is 1.